The predicted molar refractivity (Wildman–Crippen MR) is 56.0 cm³/mol. The van der Waals surface area contributed by atoms with Crippen molar-refractivity contribution in [2.45, 2.75) is 62.6 Å². The third kappa shape index (κ3) is 12.5. The van der Waals surface area contributed by atoms with Crippen LogP contribution in [0.3, 0.4) is 0 Å². The van der Waals surface area contributed by atoms with Crippen molar-refractivity contribution >= 4 is 0 Å². The fraction of sp³-hybridized carbons (Fsp3) is 1.00. The van der Waals surface area contributed by atoms with Gasteiger partial charge < -0.3 is 0 Å². The number of hydrogen-bond donors (Lipinski definition) is 2. The quantitative estimate of drug-likeness (QED) is 0.354. The summed E-state index contributed by atoms with van der Waals surface area (Å²) in [6.07, 6.45) is 6.30. The van der Waals surface area contributed by atoms with E-state index in [1.54, 1.807) is 0 Å². The van der Waals surface area contributed by atoms with Gasteiger partial charge in [-0.1, -0.05) is 0 Å². The van der Waals surface area contributed by atoms with Crippen LogP contribution in [0, 0.1) is 0 Å². The summed E-state index contributed by atoms with van der Waals surface area (Å²) in [5, 5.41) is 18.4. The minimum absolute atomic E-state index is 0.177. The van der Waals surface area contributed by atoms with Crippen LogP contribution in [0.5, 0.6) is 0 Å². The molecule has 0 radical (unpaired) electrons. The maximum atomic E-state index is 9.36. The molecule has 2 unspecified atom stereocenters. The van der Waals surface area contributed by atoms with E-state index in [-0.39, 0.29) is 4.41 Å². The molecule has 0 heterocycles. The van der Waals surface area contributed by atoms with Gasteiger partial charge in [0.25, 0.3) is 0 Å². The van der Waals surface area contributed by atoms with Crippen molar-refractivity contribution in [2.24, 2.45) is 0 Å². The molecule has 0 bridgehead atoms. The molecule has 89 valence electrons. The second kappa shape index (κ2) is 11.1. The van der Waals surface area contributed by atoms with Gasteiger partial charge in [-0.15, -0.1) is 0 Å². The van der Waals surface area contributed by atoms with Crippen LogP contribution in [0.25, 0.3) is 0 Å². The number of hydrogen-bond acceptors (Lipinski definition) is 3. The van der Waals surface area contributed by atoms with Crippen molar-refractivity contribution in [3.05, 3.63) is 0 Å². The zero-order chi connectivity index (χ0) is 11.5. The first-order valence-corrected chi connectivity index (χ1v) is 6.75. The Bertz CT molecular complexity index is 131. The summed E-state index contributed by atoms with van der Waals surface area (Å²) in [5.41, 5.74) is 0. The molecule has 0 aromatic carbocycles. The molecule has 4 heteroatoms. The topological polar surface area (TPSA) is 49.7 Å². The number of rotatable bonds is 10. The standard InChI is InChI=1S/C11H23O3.Ti/c1-2-10-14-11(13)8-6-4-3-5-7-9-12;/h9,11-13H,2-8,10H2,1H3;. The van der Waals surface area contributed by atoms with Gasteiger partial charge in [0.05, 0.1) is 0 Å². The molecule has 0 aromatic rings. The number of aliphatic hydroxyl groups is 2. The Morgan fingerprint density at radius 1 is 1.07 bits per heavy atom. The molecule has 0 spiro atoms. The van der Waals surface area contributed by atoms with Crippen LogP contribution < -0.4 is 0 Å². The van der Waals surface area contributed by atoms with Gasteiger partial charge in [-0.2, -0.15) is 0 Å². The molecule has 0 aliphatic rings. The van der Waals surface area contributed by atoms with Gasteiger partial charge in [0.2, 0.25) is 0 Å². The first-order chi connectivity index (χ1) is 7.16. The van der Waals surface area contributed by atoms with E-state index in [0.717, 1.165) is 44.9 Å². The van der Waals surface area contributed by atoms with Crippen LogP contribution >= 0.6 is 0 Å². The zero-order valence-electron chi connectivity index (χ0n) is 9.61. The van der Waals surface area contributed by atoms with Gasteiger partial charge in [0.1, 0.15) is 0 Å². The fourth-order valence-electron chi connectivity index (χ4n) is 1.35. The summed E-state index contributed by atoms with van der Waals surface area (Å²) in [5.74, 6) is 0. The predicted octanol–water partition coefficient (Wildman–Crippen LogP) is 1.94. The molecule has 0 amide bonds. The van der Waals surface area contributed by atoms with E-state index >= 15 is 0 Å². The molecule has 0 saturated carbocycles. The van der Waals surface area contributed by atoms with E-state index in [4.69, 9.17) is 9.84 Å². The van der Waals surface area contributed by atoms with Gasteiger partial charge in [0.15, 0.2) is 0 Å². The molecule has 0 saturated heterocycles. The van der Waals surface area contributed by atoms with Gasteiger partial charge in [-0.05, 0) is 0 Å². The number of aliphatic hydroxyl groups excluding tert-OH is 2. The molecule has 0 aliphatic heterocycles. The van der Waals surface area contributed by atoms with E-state index in [1.165, 1.54) is 0 Å². The monoisotopic (exact) mass is 251 g/mol. The summed E-state index contributed by atoms with van der Waals surface area (Å²) >= 11 is 1.82. The molecule has 0 fully saturated rings. The van der Waals surface area contributed by atoms with Crippen molar-refractivity contribution in [1.29, 1.82) is 0 Å². The van der Waals surface area contributed by atoms with Crippen molar-refractivity contribution in [3.63, 3.8) is 0 Å². The zero-order valence-corrected chi connectivity index (χ0v) is 11.2. The fourth-order valence-corrected chi connectivity index (χ4v) is 1.67. The second-order valence-electron chi connectivity index (χ2n) is 3.83. The van der Waals surface area contributed by atoms with Crippen molar-refractivity contribution in [3.8, 4) is 0 Å². The Labute approximate surface area is 105 Å². The Morgan fingerprint density at radius 2 is 1.67 bits per heavy atom. The molecule has 0 rings (SSSR count). The van der Waals surface area contributed by atoms with Gasteiger partial charge in [-0.3, -0.25) is 0 Å². The Hall–Kier alpha value is 0.594. The first-order valence-electron chi connectivity index (χ1n) is 5.85. The van der Waals surface area contributed by atoms with Crippen LogP contribution in [0.2, 0.25) is 0 Å². The summed E-state index contributed by atoms with van der Waals surface area (Å²) in [7, 11) is 0. The van der Waals surface area contributed by atoms with Crippen LogP contribution in [-0.2, 0) is 25.2 Å². The van der Waals surface area contributed by atoms with Crippen LogP contribution in [0.15, 0.2) is 0 Å². The van der Waals surface area contributed by atoms with Crippen LogP contribution in [-0.4, -0.2) is 27.5 Å². The molecule has 3 nitrogen and oxygen atoms in total. The number of unbranched alkanes of at least 4 members (excludes halogenated alkanes) is 3. The minimum atomic E-state index is -0.582. The summed E-state index contributed by atoms with van der Waals surface area (Å²) in [6, 6.07) is 0. The van der Waals surface area contributed by atoms with Crippen molar-refractivity contribution < 1.29 is 35.4 Å². The third-order valence-electron chi connectivity index (χ3n) is 2.19. The van der Waals surface area contributed by atoms with E-state index in [1.807, 2.05) is 27.4 Å². The molecule has 2 N–H and O–H groups in total. The van der Waals surface area contributed by atoms with E-state index in [0.29, 0.717) is 6.61 Å². The van der Waals surface area contributed by atoms with E-state index in [9.17, 15) is 5.11 Å². The Morgan fingerprint density at radius 3 is 2.20 bits per heavy atom. The molecule has 0 aromatic heterocycles. The average molecular weight is 251 g/mol. The molecule has 2 atom stereocenters. The van der Waals surface area contributed by atoms with Crippen LogP contribution in [0.4, 0.5) is 0 Å². The molecule has 15 heavy (non-hydrogen) atoms. The summed E-state index contributed by atoms with van der Waals surface area (Å²) < 4.78 is 4.97. The molecular formula is C11H23O3Ti. The van der Waals surface area contributed by atoms with Crippen molar-refractivity contribution in [1.82, 2.24) is 0 Å². The average Bonchev–Trinajstić information content (AvgIpc) is 2.19. The second-order valence-corrected chi connectivity index (χ2v) is 4.87. The van der Waals surface area contributed by atoms with E-state index < -0.39 is 6.29 Å². The third-order valence-corrected chi connectivity index (χ3v) is 2.64. The number of ether oxygens (including phenoxy) is 1. The van der Waals surface area contributed by atoms with Crippen LogP contribution in [0.1, 0.15) is 51.9 Å². The SMILES string of the molecule is CCCOC(O)CCCCCC[CH](O)[Ti]. The first kappa shape index (κ1) is 15.6. The summed E-state index contributed by atoms with van der Waals surface area (Å²) in [6.45, 7) is 2.67. The Balaban J connectivity index is 3.09. The van der Waals surface area contributed by atoms with Gasteiger partial charge in [0, 0.05) is 0 Å². The molecule has 0 aliphatic carbocycles. The summed E-state index contributed by atoms with van der Waals surface area (Å²) in [4.78, 5) is 0. The molecular weight excluding hydrogens is 228 g/mol. The van der Waals surface area contributed by atoms with Gasteiger partial charge >= 0.3 is 105 Å². The van der Waals surface area contributed by atoms with Gasteiger partial charge in [-0.25, -0.2) is 0 Å². The Kier molecular flexibility index (Phi) is 11.5. The normalized spacial score (nSPS) is 15.1. The van der Waals surface area contributed by atoms with Crippen molar-refractivity contribution in [2.75, 3.05) is 6.61 Å². The maximum absolute atomic E-state index is 9.36. The van der Waals surface area contributed by atoms with E-state index in [2.05, 4.69) is 0 Å².